The summed E-state index contributed by atoms with van der Waals surface area (Å²) in [4.78, 5) is 4.76. The average molecular weight is 262 g/mol. The second-order valence-electron chi connectivity index (χ2n) is 6.56. The number of nitrogens with two attached hydrogens (primary N) is 1. The molecule has 106 valence electrons. The number of nitrogens with one attached hydrogen (secondary N) is 1. The first-order valence-electron chi connectivity index (χ1n) is 7.93. The Hall–Kier alpha value is -0.900. The largest absolute Gasteiger partial charge is 0.330 e. The Morgan fingerprint density at radius 2 is 1.84 bits per heavy atom. The van der Waals surface area contributed by atoms with E-state index < -0.39 is 0 Å². The summed E-state index contributed by atoms with van der Waals surface area (Å²) in [5.41, 5.74) is 6.34. The van der Waals surface area contributed by atoms with Crippen molar-refractivity contribution in [2.45, 2.75) is 70.1 Å². The van der Waals surface area contributed by atoms with E-state index in [9.17, 15) is 0 Å². The Kier molecular flexibility index (Phi) is 3.87. The molecule has 2 aliphatic rings. The van der Waals surface area contributed by atoms with Gasteiger partial charge in [0, 0.05) is 12.3 Å². The lowest BCUT2D eigenvalue weighted by Gasteiger charge is -2.35. The molecule has 1 aromatic rings. The molecule has 2 aliphatic carbocycles. The number of aromatic nitrogens is 3. The third-order valence-corrected chi connectivity index (χ3v) is 5.16. The van der Waals surface area contributed by atoms with Crippen LogP contribution < -0.4 is 5.73 Å². The first-order valence-corrected chi connectivity index (χ1v) is 7.93. The standard InChI is InChI=1S/C15H26N4/c16-11-15(8-4-1-5-9-15)10-13-17-14(19-18-13)12-6-2-3-7-12/h12H,1-11,16H2,(H,17,18,19). The summed E-state index contributed by atoms with van der Waals surface area (Å²) in [6.07, 6.45) is 12.7. The zero-order chi connectivity index (χ0) is 13.1. The molecule has 0 aliphatic heterocycles. The zero-order valence-electron chi connectivity index (χ0n) is 11.8. The van der Waals surface area contributed by atoms with Crippen molar-refractivity contribution >= 4 is 0 Å². The molecule has 19 heavy (non-hydrogen) atoms. The molecule has 1 aromatic heterocycles. The van der Waals surface area contributed by atoms with Gasteiger partial charge in [-0.2, -0.15) is 5.10 Å². The van der Waals surface area contributed by atoms with E-state index in [1.165, 1.54) is 57.8 Å². The van der Waals surface area contributed by atoms with Gasteiger partial charge in [-0.3, -0.25) is 5.10 Å². The summed E-state index contributed by atoms with van der Waals surface area (Å²) < 4.78 is 0. The van der Waals surface area contributed by atoms with Crippen LogP contribution in [0.25, 0.3) is 0 Å². The van der Waals surface area contributed by atoms with Crippen LogP contribution in [0.1, 0.15) is 75.4 Å². The third-order valence-electron chi connectivity index (χ3n) is 5.16. The summed E-state index contributed by atoms with van der Waals surface area (Å²) in [7, 11) is 0. The van der Waals surface area contributed by atoms with Crippen LogP contribution >= 0.6 is 0 Å². The van der Waals surface area contributed by atoms with E-state index >= 15 is 0 Å². The zero-order valence-corrected chi connectivity index (χ0v) is 11.8. The summed E-state index contributed by atoms with van der Waals surface area (Å²) >= 11 is 0. The van der Waals surface area contributed by atoms with Crippen molar-refractivity contribution < 1.29 is 0 Å². The number of H-pyrrole nitrogens is 1. The van der Waals surface area contributed by atoms with Crippen LogP contribution in [0.4, 0.5) is 0 Å². The predicted octanol–water partition coefficient (Wildman–Crippen LogP) is 2.91. The topological polar surface area (TPSA) is 67.6 Å². The molecule has 4 nitrogen and oxygen atoms in total. The highest BCUT2D eigenvalue weighted by Gasteiger charge is 2.32. The molecule has 3 rings (SSSR count). The molecule has 2 saturated carbocycles. The van der Waals surface area contributed by atoms with E-state index in [0.717, 1.165) is 24.6 Å². The molecule has 3 N–H and O–H groups in total. The fourth-order valence-electron chi connectivity index (χ4n) is 3.87. The number of aromatic amines is 1. The minimum atomic E-state index is 0.282. The molecule has 0 aromatic carbocycles. The van der Waals surface area contributed by atoms with E-state index in [2.05, 4.69) is 10.2 Å². The quantitative estimate of drug-likeness (QED) is 0.876. The third kappa shape index (κ3) is 2.83. The molecule has 0 unspecified atom stereocenters. The normalized spacial score (nSPS) is 23.8. The summed E-state index contributed by atoms with van der Waals surface area (Å²) in [6.45, 7) is 0.784. The van der Waals surface area contributed by atoms with Crippen molar-refractivity contribution in [2.24, 2.45) is 11.1 Å². The Labute approximate surface area is 115 Å². The number of rotatable bonds is 4. The molecule has 0 spiro atoms. The second-order valence-corrected chi connectivity index (χ2v) is 6.56. The first kappa shape index (κ1) is 13.1. The monoisotopic (exact) mass is 262 g/mol. The smallest absolute Gasteiger partial charge is 0.153 e. The van der Waals surface area contributed by atoms with E-state index in [-0.39, 0.29) is 5.41 Å². The van der Waals surface area contributed by atoms with Gasteiger partial charge in [0.05, 0.1) is 0 Å². The highest BCUT2D eigenvalue weighted by atomic mass is 15.2. The molecule has 0 amide bonds. The lowest BCUT2D eigenvalue weighted by atomic mass is 9.72. The van der Waals surface area contributed by atoms with Gasteiger partial charge in [0.1, 0.15) is 5.82 Å². The maximum Gasteiger partial charge on any atom is 0.153 e. The maximum absolute atomic E-state index is 6.05. The molecular weight excluding hydrogens is 236 g/mol. The van der Waals surface area contributed by atoms with Gasteiger partial charge in [-0.15, -0.1) is 0 Å². The Morgan fingerprint density at radius 3 is 2.53 bits per heavy atom. The van der Waals surface area contributed by atoms with Gasteiger partial charge in [-0.05, 0) is 37.6 Å². The van der Waals surface area contributed by atoms with Crippen LogP contribution in [-0.4, -0.2) is 21.7 Å². The molecule has 2 fully saturated rings. The molecular formula is C15H26N4. The molecule has 0 radical (unpaired) electrons. The highest BCUT2D eigenvalue weighted by molar-refractivity contribution is 5.03. The van der Waals surface area contributed by atoms with Crippen LogP contribution in [0, 0.1) is 5.41 Å². The Morgan fingerprint density at radius 1 is 1.11 bits per heavy atom. The van der Waals surface area contributed by atoms with Crippen molar-refractivity contribution in [3.8, 4) is 0 Å². The lowest BCUT2D eigenvalue weighted by Crippen LogP contribution is -2.35. The van der Waals surface area contributed by atoms with Crippen LogP contribution in [0.3, 0.4) is 0 Å². The van der Waals surface area contributed by atoms with Gasteiger partial charge in [0.25, 0.3) is 0 Å². The van der Waals surface area contributed by atoms with Gasteiger partial charge in [-0.25, -0.2) is 4.98 Å². The maximum atomic E-state index is 6.05. The van der Waals surface area contributed by atoms with Crippen molar-refractivity contribution in [2.75, 3.05) is 6.54 Å². The minimum Gasteiger partial charge on any atom is -0.330 e. The van der Waals surface area contributed by atoms with Gasteiger partial charge in [-0.1, -0.05) is 32.1 Å². The van der Waals surface area contributed by atoms with Crippen LogP contribution in [0.2, 0.25) is 0 Å². The molecule has 4 heteroatoms. The Bertz CT molecular complexity index is 400. The number of hydrogen-bond acceptors (Lipinski definition) is 3. The van der Waals surface area contributed by atoms with Crippen LogP contribution in [0.5, 0.6) is 0 Å². The fourth-order valence-corrected chi connectivity index (χ4v) is 3.87. The summed E-state index contributed by atoms with van der Waals surface area (Å²) in [5.74, 6) is 2.72. The van der Waals surface area contributed by atoms with Crippen molar-refractivity contribution in [3.63, 3.8) is 0 Å². The van der Waals surface area contributed by atoms with Gasteiger partial charge in [0.15, 0.2) is 5.82 Å². The molecule has 1 heterocycles. The van der Waals surface area contributed by atoms with E-state index in [4.69, 9.17) is 10.7 Å². The first-order chi connectivity index (χ1) is 9.31. The van der Waals surface area contributed by atoms with Crippen LogP contribution in [0.15, 0.2) is 0 Å². The molecule has 0 saturated heterocycles. The van der Waals surface area contributed by atoms with E-state index in [1.807, 2.05) is 0 Å². The van der Waals surface area contributed by atoms with Gasteiger partial charge >= 0.3 is 0 Å². The van der Waals surface area contributed by atoms with Crippen molar-refractivity contribution in [1.29, 1.82) is 0 Å². The summed E-state index contributed by atoms with van der Waals surface area (Å²) in [6, 6.07) is 0. The number of hydrogen-bond donors (Lipinski definition) is 2. The van der Waals surface area contributed by atoms with E-state index in [0.29, 0.717) is 5.92 Å². The SMILES string of the molecule is NCC1(Cc2nc(C3CCCC3)n[nH]2)CCCCC1. The fraction of sp³-hybridized carbons (Fsp3) is 0.867. The van der Waals surface area contributed by atoms with Gasteiger partial charge < -0.3 is 5.73 Å². The lowest BCUT2D eigenvalue weighted by molar-refractivity contribution is 0.193. The van der Waals surface area contributed by atoms with Gasteiger partial charge in [0.2, 0.25) is 0 Å². The molecule has 0 atom stereocenters. The second kappa shape index (κ2) is 5.61. The Balaban J connectivity index is 1.68. The molecule has 0 bridgehead atoms. The van der Waals surface area contributed by atoms with Crippen molar-refractivity contribution in [3.05, 3.63) is 11.6 Å². The predicted molar refractivity (Wildman–Crippen MR) is 75.9 cm³/mol. The van der Waals surface area contributed by atoms with E-state index in [1.54, 1.807) is 0 Å². The van der Waals surface area contributed by atoms with Crippen molar-refractivity contribution in [1.82, 2.24) is 15.2 Å². The summed E-state index contributed by atoms with van der Waals surface area (Å²) in [5, 5.41) is 7.62. The number of nitrogens with zero attached hydrogens (tertiary/aromatic N) is 2. The van der Waals surface area contributed by atoms with Crippen LogP contribution in [-0.2, 0) is 6.42 Å². The minimum absolute atomic E-state index is 0.282. The average Bonchev–Trinajstić information content (AvgIpc) is 3.10. The highest BCUT2D eigenvalue weighted by Crippen LogP contribution is 2.38.